The summed E-state index contributed by atoms with van der Waals surface area (Å²) in [5.74, 6) is 0.269. The van der Waals surface area contributed by atoms with Crippen molar-refractivity contribution in [3.63, 3.8) is 0 Å². The second kappa shape index (κ2) is 7.48. The first-order chi connectivity index (χ1) is 13.9. The zero-order chi connectivity index (χ0) is 20.5. The number of para-hydroxylation sites is 1. The van der Waals surface area contributed by atoms with Gasteiger partial charge in [0.15, 0.2) is 5.82 Å². The molecule has 4 aromatic rings. The zero-order valence-electron chi connectivity index (χ0n) is 16.1. The van der Waals surface area contributed by atoms with Crippen molar-refractivity contribution in [1.29, 1.82) is 0 Å². The van der Waals surface area contributed by atoms with E-state index < -0.39 is 5.97 Å². The number of thiazole rings is 1. The Morgan fingerprint density at radius 1 is 1.14 bits per heavy atom. The standard InChI is InChI=1S/C21H18N4O3S/c1-13(26)28-17-7-5-4-6-16(17)19-22-21-25(23-19)20(27)18(29-21)12-14-8-10-15(11-9-14)24(2)3/h4-12H,1-3H3. The number of nitrogens with zero attached hydrogens (tertiary/aromatic N) is 4. The molecule has 29 heavy (non-hydrogen) atoms. The molecule has 146 valence electrons. The number of carbonyl (C=O) groups is 1. The number of ether oxygens (including phenoxy) is 1. The van der Waals surface area contributed by atoms with Crippen LogP contribution in [0.4, 0.5) is 5.69 Å². The average Bonchev–Trinajstić information content (AvgIpc) is 3.22. The van der Waals surface area contributed by atoms with Crippen LogP contribution in [0.25, 0.3) is 22.4 Å². The number of benzene rings is 2. The highest BCUT2D eigenvalue weighted by atomic mass is 32.1. The van der Waals surface area contributed by atoms with Crippen molar-refractivity contribution in [3.05, 3.63) is 69.0 Å². The first kappa shape index (κ1) is 18.8. The van der Waals surface area contributed by atoms with Gasteiger partial charge in [0.25, 0.3) is 5.56 Å². The molecular formula is C21H18N4O3S. The van der Waals surface area contributed by atoms with Gasteiger partial charge in [-0.3, -0.25) is 9.59 Å². The number of anilines is 1. The van der Waals surface area contributed by atoms with Crippen LogP contribution >= 0.6 is 11.3 Å². The smallest absolute Gasteiger partial charge is 0.308 e. The van der Waals surface area contributed by atoms with Crippen molar-refractivity contribution in [2.75, 3.05) is 19.0 Å². The van der Waals surface area contributed by atoms with E-state index in [2.05, 4.69) is 10.1 Å². The molecular weight excluding hydrogens is 388 g/mol. The van der Waals surface area contributed by atoms with Crippen LogP contribution in [0.3, 0.4) is 0 Å². The Balaban J connectivity index is 1.74. The van der Waals surface area contributed by atoms with Crippen LogP contribution in [-0.4, -0.2) is 34.7 Å². The Hall–Kier alpha value is -3.52. The van der Waals surface area contributed by atoms with Crippen LogP contribution in [-0.2, 0) is 4.79 Å². The lowest BCUT2D eigenvalue weighted by Crippen LogP contribution is -2.23. The molecule has 0 atom stereocenters. The van der Waals surface area contributed by atoms with Gasteiger partial charge in [-0.15, -0.1) is 5.10 Å². The molecule has 0 saturated heterocycles. The summed E-state index contributed by atoms with van der Waals surface area (Å²) >= 11 is 1.27. The normalized spacial score (nSPS) is 11.8. The summed E-state index contributed by atoms with van der Waals surface area (Å²) in [7, 11) is 3.96. The van der Waals surface area contributed by atoms with E-state index in [9.17, 15) is 9.59 Å². The van der Waals surface area contributed by atoms with Crippen molar-refractivity contribution < 1.29 is 9.53 Å². The van der Waals surface area contributed by atoms with Gasteiger partial charge >= 0.3 is 5.97 Å². The average molecular weight is 406 g/mol. The summed E-state index contributed by atoms with van der Waals surface area (Å²) in [5, 5.41) is 4.34. The van der Waals surface area contributed by atoms with Gasteiger partial charge in [-0.1, -0.05) is 35.6 Å². The molecule has 2 aromatic heterocycles. The number of carbonyl (C=O) groups excluding carboxylic acids is 1. The number of aromatic nitrogens is 3. The minimum absolute atomic E-state index is 0.231. The highest BCUT2D eigenvalue weighted by molar-refractivity contribution is 7.15. The molecule has 2 aromatic carbocycles. The Bertz CT molecular complexity index is 1310. The molecule has 0 unspecified atom stereocenters. The fourth-order valence-electron chi connectivity index (χ4n) is 2.86. The van der Waals surface area contributed by atoms with Crippen molar-refractivity contribution >= 4 is 34.0 Å². The van der Waals surface area contributed by atoms with Crippen LogP contribution in [0.2, 0.25) is 0 Å². The van der Waals surface area contributed by atoms with Gasteiger partial charge < -0.3 is 9.64 Å². The molecule has 2 heterocycles. The molecule has 0 saturated carbocycles. The quantitative estimate of drug-likeness (QED) is 0.383. The Morgan fingerprint density at radius 2 is 1.86 bits per heavy atom. The van der Waals surface area contributed by atoms with Gasteiger partial charge in [0.1, 0.15) is 5.75 Å². The van der Waals surface area contributed by atoms with Crippen LogP contribution in [0.15, 0.2) is 53.3 Å². The monoisotopic (exact) mass is 406 g/mol. The predicted molar refractivity (Wildman–Crippen MR) is 113 cm³/mol. The maximum absolute atomic E-state index is 12.8. The lowest BCUT2D eigenvalue weighted by Gasteiger charge is -2.11. The van der Waals surface area contributed by atoms with Gasteiger partial charge in [-0.25, -0.2) is 0 Å². The van der Waals surface area contributed by atoms with Crippen LogP contribution in [0.5, 0.6) is 5.75 Å². The van der Waals surface area contributed by atoms with Gasteiger partial charge in [-0.05, 0) is 35.9 Å². The molecule has 0 radical (unpaired) electrons. The molecule has 8 heteroatoms. The molecule has 0 bridgehead atoms. The molecule has 0 amide bonds. The number of hydrogen-bond acceptors (Lipinski definition) is 7. The van der Waals surface area contributed by atoms with E-state index in [4.69, 9.17) is 4.74 Å². The van der Waals surface area contributed by atoms with Gasteiger partial charge in [0, 0.05) is 26.7 Å². The van der Waals surface area contributed by atoms with Crippen molar-refractivity contribution in [3.8, 4) is 17.1 Å². The SMILES string of the molecule is CC(=O)Oc1ccccc1-c1nc2sc(=Cc3ccc(N(C)C)cc3)c(=O)n2n1. The number of esters is 1. The van der Waals surface area contributed by atoms with Crippen molar-refractivity contribution in [2.45, 2.75) is 6.92 Å². The zero-order valence-corrected chi connectivity index (χ0v) is 16.9. The Morgan fingerprint density at radius 3 is 2.52 bits per heavy atom. The summed E-state index contributed by atoms with van der Waals surface area (Å²) in [4.78, 5) is 31.1. The van der Waals surface area contributed by atoms with E-state index >= 15 is 0 Å². The summed E-state index contributed by atoms with van der Waals surface area (Å²) in [5.41, 5.74) is 2.34. The van der Waals surface area contributed by atoms with E-state index in [-0.39, 0.29) is 5.56 Å². The molecule has 0 N–H and O–H groups in total. The predicted octanol–water partition coefficient (Wildman–Crippen LogP) is 2.36. The highest BCUT2D eigenvalue weighted by Crippen LogP contribution is 2.27. The first-order valence-corrected chi connectivity index (χ1v) is 9.70. The summed E-state index contributed by atoms with van der Waals surface area (Å²) in [6.45, 7) is 1.33. The highest BCUT2D eigenvalue weighted by Gasteiger charge is 2.16. The third-order valence-electron chi connectivity index (χ3n) is 4.27. The number of fused-ring (bicyclic) bond motifs is 1. The molecule has 0 spiro atoms. The largest absolute Gasteiger partial charge is 0.426 e. The minimum Gasteiger partial charge on any atom is -0.426 e. The second-order valence-corrected chi connectivity index (χ2v) is 7.63. The maximum atomic E-state index is 12.8. The summed E-state index contributed by atoms with van der Waals surface area (Å²) in [6, 6.07) is 14.9. The molecule has 0 aliphatic rings. The maximum Gasteiger partial charge on any atom is 0.308 e. The van der Waals surface area contributed by atoms with Gasteiger partial charge in [0.2, 0.25) is 4.96 Å². The molecule has 0 aliphatic heterocycles. The van der Waals surface area contributed by atoms with Gasteiger partial charge in [0.05, 0.1) is 10.1 Å². The van der Waals surface area contributed by atoms with Crippen molar-refractivity contribution in [1.82, 2.24) is 14.6 Å². The molecule has 0 fully saturated rings. The van der Waals surface area contributed by atoms with Gasteiger partial charge in [-0.2, -0.15) is 9.50 Å². The summed E-state index contributed by atoms with van der Waals surface area (Å²) in [6.07, 6.45) is 1.83. The third-order valence-corrected chi connectivity index (χ3v) is 5.23. The van der Waals surface area contributed by atoms with E-state index in [0.29, 0.717) is 26.6 Å². The Labute approximate surface area is 170 Å². The van der Waals surface area contributed by atoms with E-state index in [1.54, 1.807) is 24.3 Å². The van der Waals surface area contributed by atoms with Crippen LogP contribution < -0.4 is 19.7 Å². The third kappa shape index (κ3) is 3.74. The second-order valence-electron chi connectivity index (χ2n) is 6.62. The van der Waals surface area contributed by atoms with Crippen LogP contribution in [0.1, 0.15) is 12.5 Å². The lowest BCUT2D eigenvalue weighted by atomic mass is 10.2. The molecule has 4 rings (SSSR count). The van der Waals surface area contributed by atoms with E-state index in [1.807, 2.05) is 49.3 Å². The summed E-state index contributed by atoms with van der Waals surface area (Å²) < 4.78 is 7.05. The van der Waals surface area contributed by atoms with E-state index in [0.717, 1.165) is 11.3 Å². The molecule has 0 aliphatic carbocycles. The van der Waals surface area contributed by atoms with Crippen LogP contribution in [0, 0.1) is 0 Å². The Kier molecular flexibility index (Phi) is 4.85. The first-order valence-electron chi connectivity index (χ1n) is 8.89. The lowest BCUT2D eigenvalue weighted by molar-refractivity contribution is -0.131. The van der Waals surface area contributed by atoms with E-state index in [1.165, 1.54) is 22.8 Å². The fourth-order valence-corrected chi connectivity index (χ4v) is 3.77. The topological polar surface area (TPSA) is 76.8 Å². The number of hydrogen-bond donors (Lipinski definition) is 0. The number of rotatable bonds is 4. The minimum atomic E-state index is -0.430. The molecule has 7 nitrogen and oxygen atoms in total. The van der Waals surface area contributed by atoms with Crippen molar-refractivity contribution in [2.24, 2.45) is 0 Å². The fraction of sp³-hybridized carbons (Fsp3) is 0.143.